The Morgan fingerprint density at radius 1 is 0.561 bits per heavy atom. The van der Waals surface area contributed by atoms with Gasteiger partial charge in [-0.1, -0.05) is 129 Å². The smallest absolute Gasteiger partial charge is 1.00 e. The van der Waals surface area contributed by atoms with Crippen LogP contribution in [0.1, 0.15) is 110 Å². The first kappa shape index (κ1) is 50.3. The fraction of sp³-hybridized carbons (Fsp3) is 0.375. The first-order valence-electron chi connectivity index (χ1n) is 18.6. The van der Waals surface area contributed by atoms with Gasteiger partial charge in [-0.3, -0.25) is 6.08 Å². The molecule has 0 bridgehead atoms. The molecule has 0 N–H and O–H groups in total. The van der Waals surface area contributed by atoms with Gasteiger partial charge in [0.25, 0.3) is 0 Å². The Hall–Kier alpha value is -2.86. The Balaban J connectivity index is 0.000000302. The van der Waals surface area contributed by atoms with Crippen LogP contribution in [0.25, 0.3) is 21.5 Å². The normalized spacial score (nSPS) is 14.6. The average molecular weight is 905 g/mol. The Kier molecular flexibility index (Phi) is 16.8. The second-order valence-electron chi connectivity index (χ2n) is 17.7. The summed E-state index contributed by atoms with van der Waals surface area (Å²) < 4.78 is 75.6. The monoisotopic (exact) mass is 902 g/mol. The summed E-state index contributed by atoms with van der Waals surface area (Å²) in [5.41, 5.74) is 4.53. The summed E-state index contributed by atoms with van der Waals surface area (Å²) in [4.78, 5) is 0. The Labute approximate surface area is 362 Å². The van der Waals surface area contributed by atoms with Crippen molar-refractivity contribution in [2.45, 2.75) is 99.3 Å². The van der Waals surface area contributed by atoms with Crippen LogP contribution in [0.4, 0.5) is 26.3 Å². The number of allylic oxidation sites excluding steroid dienone is 4. The Bertz CT molecular complexity index is 2040. The summed E-state index contributed by atoms with van der Waals surface area (Å²) in [6.45, 7) is 24.9. The van der Waals surface area contributed by atoms with Gasteiger partial charge in [0.2, 0.25) is 0 Å². The van der Waals surface area contributed by atoms with Gasteiger partial charge in [0.1, 0.15) is 0 Å². The summed E-state index contributed by atoms with van der Waals surface area (Å²) >= 11 is 0.898. The van der Waals surface area contributed by atoms with Crippen molar-refractivity contribution in [3.8, 4) is 0 Å². The number of hydrogen-bond acceptors (Lipinski definition) is 0. The summed E-state index contributed by atoms with van der Waals surface area (Å²) in [5.74, 6) is 1.22. The fourth-order valence-electron chi connectivity index (χ4n) is 6.08. The number of hydrogen-bond donors (Lipinski definition) is 0. The standard InChI is InChI=1S/C21H25.C15H8F6.C12H19.2ClH.Zr/c1-20(2,3)16-9-7-14-11-15-8-10-17(21(4,5)6)13-19(15)18(14)12-16;16-14(17,18)12-5-1-10(2-6-12)9-11-3-7-13(8-4-11)15(19,20)21;1-9(2)10-6-7-11(8-10)12(3,4)5;;;/h7-13H,1-6H3;1-8H;7-10H,1-5H3;2*1H;/q-1;;-1;;;+2/p-2. The van der Waals surface area contributed by atoms with Crippen LogP contribution >= 0.6 is 0 Å². The second-order valence-corrected chi connectivity index (χ2v) is 19.0. The van der Waals surface area contributed by atoms with Gasteiger partial charge in [-0.15, -0.1) is 39.7 Å². The minimum Gasteiger partial charge on any atom is -1.00 e. The van der Waals surface area contributed by atoms with Crippen molar-refractivity contribution in [1.29, 1.82) is 0 Å². The van der Waals surface area contributed by atoms with Gasteiger partial charge < -0.3 is 24.8 Å². The van der Waals surface area contributed by atoms with Crippen LogP contribution in [-0.2, 0) is 47.4 Å². The summed E-state index contributed by atoms with van der Waals surface area (Å²) in [5, 5.41) is 5.49. The van der Waals surface area contributed by atoms with Crippen LogP contribution in [0.15, 0.2) is 109 Å². The van der Waals surface area contributed by atoms with Crippen molar-refractivity contribution in [2.24, 2.45) is 17.3 Å². The summed E-state index contributed by atoms with van der Waals surface area (Å²) in [7, 11) is 0. The molecule has 0 saturated heterocycles. The number of fused-ring (bicyclic) bond motifs is 3. The largest absolute Gasteiger partial charge is 1.00 e. The molecule has 1 aliphatic rings. The van der Waals surface area contributed by atoms with Crippen LogP contribution in [0.5, 0.6) is 0 Å². The molecule has 0 nitrogen and oxygen atoms in total. The van der Waals surface area contributed by atoms with Crippen molar-refractivity contribution in [3.05, 3.63) is 148 Å². The van der Waals surface area contributed by atoms with E-state index in [1.165, 1.54) is 62.5 Å². The molecule has 1 unspecified atom stereocenters. The molecular weight excluding hydrogens is 853 g/mol. The maximum absolute atomic E-state index is 12.5. The van der Waals surface area contributed by atoms with E-state index in [9.17, 15) is 26.3 Å². The van der Waals surface area contributed by atoms with Crippen LogP contribution in [-0.4, -0.2) is 3.21 Å². The molecule has 5 aromatic carbocycles. The summed E-state index contributed by atoms with van der Waals surface area (Å²) in [6, 6.07) is 25.3. The van der Waals surface area contributed by atoms with Crippen LogP contribution in [0.3, 0.4) is 0 Å². The van der Waals surface area contributed by atoms with E-state index >= 15 is 0 Å². The molecule has 0 fully saturated rings. The minimum atomic E-state index is -4.41. The maximum atomic E-state index is 12.5. The molecule has 306 valence electrons. The average Bonchev–Trinajstić information content (AvgIpc) is 3.73. The van der Waals surface area contributed by atoms with Crippen molar-refractivity contribution in [2.75, 3.05) is 0 Å². The van der Waals surface area contributed by atoms with Crippen molar-refractivity contribution in [1.82, 2.24) is 0 Å². The fourth-order valence-corrected chi connectivity index (χ4v) is 6.90. The maximum Gasteiger partial charge on any atom is -1.00 e. The predicted octanol–water partition coefficient (Wildman–Crippen LogP) is 8.76. The van der Waals surface area contributed by atoms with Crippen molar-refractivity contribution in [3.63, 3.8) is 0 Å². The SMILES string of the molecule is CC(C)(C)c1ccc2[cH-]c3ccc(C(C)(C)C)cc3c2c1.CC(C)C1[C-]=CC(C(C)(C)C)=C1.FC(F)(F)c1ccc([C](=[Zr+2])c2ccc(C(F)(F)F)cc2)cc1.[Cl-].[Cl-]. The molecular formula is C48H52Cl2F6Zr-2. The van der Waals surface area contributed by atoms with E-state index in [4.69, 9.17) is 0 Å². The molecule has 0 amide bonds. The van der Waals surface area contributed by atoms with E-state index in [2.05, 4.69) is 137 Å². The van der Waals surface area contributed by atoms with Gasteiger partial charge >= 0.3 is 137 Å². The number of halogens is 8. The number of rotatable bonds is 3. The van der Waals surface area contributed by atoms with E-state index in [-0.39, 0.29) is 41.1 Å². The molecule has 0 heterocycles. The zero-order valence-corrected chi connectivity index (χ0v) is 38.5. The molecule has 5 aromatic rings. The van der Waals surface area contributed by atoms with Crippen molar-refractivity contribution >= 4 is 24.8 Å². The number of alkyl halides is 6. The van der Waals surface area contributed by atoms with Crippen molar-refractivity contribution < 1.29 is 75.4 Å². The summed E-state index contributed by atoms with van der Waals surface area (Å²) in [6.07, 6.45) is -0.913. The van der Waals surface area contributed by atoms with Gasteiger partial charge in [-0.2, -0.15) is 11.6 Å². The van der Waals surface area contributed by atoms with Gasteiger partial charge in [-0.25, -0.2) is 6.08 Å². The molecule has 0 spiro atoms. The molecule has 1 aliphatic carbocycles. The number of benzene rings is 4. The first-order valence-corrected chi connectivity index (χ1v) is 19.8. The first-order chi connectivity index (χ1) is 25.2. The molecule has 0 radical (unpaired) electrons. The predicted molar refractivity (Wildman–Crippen MR) is 214 cm³/mol. The second kappa shape index (κ2) is 19.0. The Morgan fingerprint density at radius 3 is 1.18 bits per heavy atom. The zero-order valence-electron chi connectivity index (χ0n) is 34.5. The topological polar surface area (TPSA) is 0 Å². The van der Waals surface area contributed by atoms with Gasteiger partial charge in [-0.05, 0) is 10.8 Å². The molecule has 0 aliphatic heterocycles. The third-order valence-electron chi connectivity index (χ3n) is 9.82. The van der Waals surface area contributed by atoms with Crippen LogP contribution in [0, 0.1) is 23.3 Å². The third kappa shape index (κ3) is 13.3. The quantitative estimate of drug-likeness (QED) is 0.126. The molecule has 0 saturated carbocycles. The van der Waals surface area contributed by atoms with E-state index in [1.54, 1.807) is 0 Å². The Morgan fingerprint density at radius 2 is 0.912 bits per heavy atom. The minimum absolute atomic E-state index is 0. The molecule has 57 heavy (non-hydrogen) atoms. The third-order valence-corrected chi connectivity index (χ3v) is 11.2. The molecule has 9 heteroatoms. The van der Waals surface area contributed by atoms with Gasteiger partial charge in [0, 0.05) is 0 Å². The van der Waals surface area contributed by atoms with Crippen LogP contribution in [0.2, 0.25) is 0 Å². The molecule has 1 atom stereocenters. The molecule has 6 rings (SSSR count). The van der Waals surface area contributed by atoms with Gasteiger partial charge in [0.15, 0.2) is 0 Å². The van der Waals surface area contributed by atoms with E-state index in [0.717, 1.165) is 48.5 Å². The van der Waals surface area contributed by atoms with E-state index in [0.29, 0.717) is 26.2 Å². The van der Waals surface area contributed by atoms with Gasteiger partial charge in [0.05, 0.1) is 0 Å². The molecule has 0 aromatic heterocycles. The van der Waals surface area contributed by atoms with E-state index < -0.39 is 23.5 Å². The van der Waals surface area contributed by atoms with E-state index in [1.807, 2.05) is 0 Å². The zero-order chi connectivity index (χ0) is 41.3. The van der Waals surface area contributed by atoms with Crippen LogP contribution < -0.4 is 24.8 Å².